The number of ketones is 1. The lowest BCUT2D eigenvalue weighted by molar-refractivity contribution is -0.118. The molecule has 12 heavy (non-hydrogen) atoms. The maximum absolute atomic E-state index is 11.5. The number of carbonyl (C=O) groups excluding carboxylic acids is 1. The molecule has 3 fully saturated rings. The van der Waals surface area contributed by atoms with Gasteiger partial charge in [-0.15, -0.1) is 0 Å². The summed E-state index contributed by atoms with van der Waals surface area (Å²) in [6, 6.07) is 0. The molecule has 0 aromatic rings. The lowest BCUT2D eigenvalue weighted by Gasteiger charge is -2.58. The van der Waals surface area contributed by atoms with Gasteiger partial charge in [0.05, 0.1) is 0 Å². The van der Waals surface area contributed by atoms with E-state index in [0.717, 1.165) is 12.8 Å². The summed E-state index contributed by atoms with van der Waals surface area (Å²) in [6.45, 7) is 0. The molecule has 1 heteroatoms. The average Bonchev–Trinajstić information content (AvgIpc) is 2.25. The number of hydrogen-bond acceptors (Lipinski definition) is 1. The molecular weight excluding hydrogens is 148 g/mol. The minimum Gasteiger partial charge on any atom is -0.300 e. The van der Waals surface area contributed by atoms with Crippen LogP contribution in [0.25, 0.3) is 0 Å². The summed E-state index contributed by atoms with van der Waals surface area (Å²) in [6.07, 6.45) is 10.1. The lowest BCUT2D eigenvalue weighted by atomic mass is 9.46. The highest BCUT2D eigenvalue weighted by molar-refractivity contribution is 5.83. The summed E-state index contributed by atoms with van der Waals surface area (Å²) in [5.41, 5.74) is 1.06. The van der Waals surface area contributed by atoms with E-state index >= 15 is 0 Å². The van der Waals surface area contributed by atoms with Crippen molar-refractivity contribution >= 4 is 5.78 Å². The molecule has 0 N–H and O–H groups in total. The van der Waals surface area contributed by atoms with E-state index in [2.05, 4.69) is 0 Å². The molecule has 3 saturated carbocycles. The lowest BCUT2D eigenvalue weighted by Crippen LogP contribution is -2.49. The Hall–Kier alpha value is -0.330. The van der Waals surface area contributed by atoms with Crippen molar-refractivity contribution in [1.82, 2.24) is 0 Å². The Morgan fingerprint density at radius 1 is 0.833 bits per heavy atom. The van der Waals surface area contributed by atoms with Crippen molar-refractivity contribution < 1.29 is 4.79 Å². The van der Waals surface area contributed by atoms with Crippen molar-refractivity contribution in [1.29, 1.82) is 0 Å². The highest BCUT2D eigenvalue weighted by Crippen LogP contribution is 2.71. The number of Topliss-reactive ketones (excluding diaryl/α,β-unsaturated/α-hetero) is 1. The zero-order valence-corrected chi connectivity index (χ0v) is 7.57. The van der Waals surface area contributed by atoms with Crippen LogP contribution in [0, 0.1) is 10.8 Å². The van der Waals surface area contributed by atoms with E-state index in [-0.39, 0.29) is 0 Å². The topological polar surface area (TPSA) is 17.1 Å². The fourth-order valence-corrected chi connectivity index (χ4v) is 4.09. The van der Waals surface area contributed by atoms with Gasteiger partial charge in [0, 0.05) is 12.8 Å². The minimum atomic E-state index is 0.530. The van der Waals surface area contributed by atoms with Gasteiger partial charge >= 0.3 is 0 Å². The molecule has 0 bridgehead atoms. The Balaban J connectivity index is 2.00. The molecular formula is C11H16O. The van der Waals surface area contributed by atoms with E-state index in [9.17, 15) is 4.79 Å². The van der Waals surface area contributed by atoms with E-state index in [1.807, 2.05) is 0 Å². The highest BCUT2D eigenvalue weighted by Gasteiger charge is 2.64. The van der Waals surface area contributed by atoms with Crippen LogP contribution >= 0.6 is 0 Å². The fraction of sp³-hybridized carbons (Fsp3) is 0.909. The number of hydrogen-bond donors (Lipinski definition) is 0. The zero-order chi connectivity index (χ0) is 8.23. The molecule has 2 unspecified atom stereocenters. The number of rotatable bonds is 0. The molecule has 0 radical (unpaired) electrons. The van der Waals surface area contributed by atoms with Crippen LogP contribution in [-0.4, -0.2) is 5.78 Å². The van der Waals surface area contributed by atoms with E-state index in [1.54, 1.807) is 0 Å². The van der Waals surface area contributed by atoms with Crippen molar-refractivity contribution in [3.63, 3.8) is 0 Å². The SMILES string of the molecule is O=C1CC23CCCCC2(CC3)C1. The second-order valence-corrected chi connectivity index (χ2v) is 5.16. The van der Waals surface area contributed by atoms with Crippen molar-refractivity contribution in [3.05, 3.63) is 0 Å². The van der Waals surface area contributed by atoms with Crippen molar-refractivity contribution in [2.75, 3.05) is 0 Å². The molecule has 1 nitrogen and oxygen atoms in total. The summed E-state index contributed by atoms with van der Waals surface area (Å²) in [5, 5.41) is 0. The largest absolute Gasteiger partial charge is 0.300 e. The fourth-order valence-electron chi connectivity index (χ4n) is 4.09. The highest BCUT2D eigenvalue weighted by atomic mass is 16.1. The van der Waals surface area contributed by atoms with Gasteiger partial charge in [-0.05, 0) is 36.5 Å². The van der Waals surface area contributed by atoms with Crippen molar-refractivity contribution in [3.8, 4) is 0 Å². The summed E-state index contributed by atoms with van der Waals surface area (Å²) in [4.78, 5) is 11.5. The van der Waals surface area contributed by atoms with Crippen LogP contribution in [0.5, 0.6) is 0 Å². The standard InChI is InChI=1S/C11H16O/c12-9-7-10-3-1-2-4-11(10,8-9)6-5-10/h1-8H2. The predicted octanol–water partition coefficient (Wildman–Crippen LogP) is 2.69. The van der Waals surface area contributed by atoms with Crippen LogP contribution in [0.4, 0.5) is 0 Å². The minimum absolute atomic E-state index is 0.530. The molecule has 66 valence electrons. The van der Waals surface area contributed by atoms with Crippen LogP contribution < -0.4 is 0 Å². The smallest absolute Gasteiger partial charge is 0.134 e. The van der Waals surface area contributed by atoms with Crippen LogP contribution in [-0.2, 0) is 4.79 Å². The van der Waals surface area contributed by atoms with E-state index < -0.39 is 0 Å². The van der Waals surface area contributed by atoms with Gasteiger partial charge in [0.1, 0.15) is 5.78 Å². The Bertz CT molecular complexity index is 221. The Morgan fingerprint density at radius 3 is 1.75 bits per heavy atom. The van der Waals surface area contributed by atoms with Gasteiger partial charge in [0.25, 0.3) is 0 Å². The average molecular weight is 164 g/mol. The van der Waals surface area contributed by atoms with Gasteiger partial charge in [0.15, 0.2) is 0 Å². The maximum Gasteiger partial charge on any atom is 0.134 e. The van der Waals surface area contributed by atoms with Crippen LogP contribution in [0.1, 0.15) is 51.4 Å². The van der Waals surface area contributed by atoms with E-state index in [1.165, 1.54) is 38.5 Å². The first-order valence-corrected chi connectivity index (χ1v) is 5.28. The quantitative estimate of drug-likeness (QED) is 0.538. The van der Waals surface area contributed by atoms with E-state index in [4.69, 9.17) is 0 Å². The molecule has 3 aliphatic carbocycles. The first-order valence-electron chi connectivity index (χ1n) is 5.28. The van der Waals surface area contributed by atoms with Crippen molar-refractivity contribution in [2.24, 2.45) is 10.8 Å². The Morgan fingerprint density at radius 2 is 1.33 bits per heavy atom. The van der Waals surface area contributed by atoms with Gasteiger partial charge in [-0.1, -0.05) is 12.8 Å². The van der Waals surface area contributed by atoms with Gasteiger partial charge < -0.3 is 0 Å². The molecule has 0 aromatic carbocycles. The normalized spacial score (nSPS) is 51.2. The number of carbonyl (C=O) groups is 1. The molecule has 3 rings (SSSR count). The maximum atomic E-state index is 11.5. The Labute approximate surface area is 73.5 Å². The first-order chi connectivity index (χ1) is 5.77. The third-order valence-corrected chi connectivity index (χ3v) is 4.84. The van der Waals surface area contributed by atoms with Gasteiger partial charge in [0.2, 0.25) is 0 Å². The monoisotopic (exact) mass is 164 g/mol. The summed E-state index contributed by atoms with van der Waals surface area (Å²) in [5.74, 6) is 0.564. The summed E-state index contributed by atoms with van der Waals surface area (Å²) < 4.78 is 0. The zero-order valence-electron chi connectivity index (χ0n) is 7.57. The van der Waals surface area contributed by atoms with E-state index in [0.29, 0.717) is 16.6 Å². The first kappa shape index (κ1) is 7.11. The molecule has 0 saturated heterocycles. The summed E-state index contributed by atoms with van der Waals surface area (Å²) >= 11 is 0. The van der Waals surface area contributed by atoms with Crippen LogP contribution in [0.3, 0.4) is 0 Å². The molecule has 0 aliphatic heterocycles. The predicted molar refractivity (Wildman–Crippen MR) is 46.8 cm³/mol. The molecule has 0 spiro atoms. The molecule has 0 heterocycles. The van der Waals surface area contributed by atoms with Gasteiger partial charge in [-0.2, -0.15) is 0 Å². The Kier molecular flexibility index (Phi) is 1.15. The van der Waals surface area contributed by atoms with Gasteiger partial charge in [-0.25, -0.2) is 0 Å². The van der Waals surface area contributed by atoms with Crippen LogP contribution in [0.2, 0.25) is 0 Å². The second-order valence-electron chi connectivity index (χ2n) is 5.16. The third-order valence-electron chi connectivity index (χ3n) is 4.84. The van der Waals surface area contributed by atoms with Crippen LogP contribution in [0.15, 0.2) is 0 Å². The molecule has 2 atom stereocenters. The van der Waals surface area contributed by atoms with Gasteiger partial charge in [-0.3, -0.25) is 4.79 Å². The molecule has 0 aromatic heterocycles. The van der Waals surface area contributed by atoms with Crippen molar-refractivity contribution in [2.45, 2.75) is 51.4 Å². The second kappa shape index (κ2) is 1.94. The summed E-state index contributed by atoms with van der Waals surface area (Å²) in [7, 11) is 0. The molecule has 0 amide bonds. The third kappa shape index (κ3) is 0.605. The molecule has 3 aliphatic rings.